The number of carbonyl (C=O) groups is 1. The summed E-state index contributed by atoms with van der Waals surface area (Å²) in [6, 6.07) is 11.9. The number of para-hydroxylation sites is 1. The van der Waals surface area contributed by atoms with E-state index in [0.717, 1.165) is 27.7 Å². The number of fused-ring (bicyclic) bond motifs is 1. The van der Waals surface area contributed by atoms with E-state index in [1.54, 1.807) is 0 Å². The highest BCUT2D eigenvalue weighted by atomic mass is 35.5. The maximum absolute atomic E-state index is 12.5. The zero-order chi connectivity index (χ0) is 19.6. The summed E-state index contributed by atoms with van der Waals surface area (Å²) < 4.78 is 28.9. The third kappa shape index (κ3) is 4.34. The summed E-state index contributed by atoms with van der Waals surface area (Å²) in [7, 11) is 0. The molecule has 140 valence electrons. The summed E-state index contributed by atoms with van der Waals surface area (Å²) in [5.41, 5.74) is 3.94. The average molecular weight is 391 g/mol. The third-order valence-electron chi connectivity index (χ3n) is 4.25. The maximum atomic E-state index is 12.5. The number of amides is 1. The van der Waals surface area contributed by atoms with Crippen molar-refractivity contribution in [2.45, 2.75) is 26.9 Å². The summed E-state index contributed by atoms with van der Waals surface area (Å²) in [5.74, 6) is -0.396. The first-order valence-electron chi connectivity index (χ1n) is 8.24. The van der Waals surface area contributed by atoms with E-state index in [4.69, 9.17) is 11.6 Å². The van der Waals surface area contributed by atoms with Gasteiger partial charge in [0.1, 0.15) is 5.75 Å². The Labute approximate surface area is 160 Å². The molecule has 1 heterocycles. The number of carbonyl (C=O) groups excluding carboxylic acids is 1. The lowest BCUT2D eigenvalue weighted by atomic mass is 9.99. The van der Waals surface area contributed by atoms with Crippen molar-refractivity contribution in [3.8, 4) is 5.75 Å². The van der Waals surface area contributed by atoms with Gasteiger partial charge < -0.3 is 10.1 Å². The van der Waals surface area contributed by atoms with Gasteiger partial charge in [0.15, 0.2) is 0 Å². The fourth-order valence-corrected chi connectivity index (χ4v) is 3.19. The highest BCUT2D eigenvalue weighted by Crippen LogP contribution is 2.29. The monoisotopic (exact) mass is 390 g/mol. The molecule has 1 amide bonds. The van der Waals surface area contributed by atoms with Gasteiger partial charge >= 0.3 is 6.61 Å². The number of halogens is 3. The number of aryl methyl sites for hydroxylation is 2. The van der Waals surface area contributed by atoms with Gasteiger partial charge in [-0.05, 0) is 49.2 Å². The molecule has 0 aliphatic rings. The number of nitrogens with zero attached hydrogens (tertiary/aromatic N) is 1. The number of alkyl halides is 2. The number of ether oxygens (including phenoxy) is 1. The van der Waals surface area contributed by atoms with E-state index in [1.165, 1.54) is 18.2 Å². The highest BCUT2D eigenvalue weighted by molar-refractivity contribution is 6.32. The van der Waals surface area contributed by atoms with Crippen LogP contribution in [0.4, 0.5) is 14.5 Å². The third-order valence-corrected chi connectivity index (χ3v) is 4.55. The Morgan fingerprint density at radius 2 is 1.96 bits per heavy atom. The fraction of sp³-hybridized carbons (Fsp3) is 0.200. The molecule has 3 rings (SSSR count). The van der Waals surface area contributed by atoms with Crippen LogP contribution in [0.3, 0.4) is 0 Å². The van der Waals surface area contributed by atoms with Crippen LogP contribution >= 0.6 is 11.6 Å². The Hall–Kier alpha value is -2.73. The topological polar surface area (TPSA) is 51.2 Å². The van der Waals surface area contributed by atoms with Crippen LogP contribution < -0.4 is 10.1 Å². The first-order valence-corrected chi connectivity index (χ1v) is 8.62. The van der Waals surface area contributed by atoms with E-state index < -0.39 is 6.61 Å². The van der Waals surface area contributed by atoms with Gasteiger partial charge in [0.2, 0.25) is 5.91 Å². The Bertz CT molecular complexity index is 1010. The largest absolute Gasteiger partial charge is 0.433 e. The highest BCUT2D eigenvalue weighted by Gasteiger charge is 2.14. The molecular formula is C20H17ClF2N2O2. The normalized spacial score (nSPS) is 11.0. The molecule has 0 saturated carbocycles. The van der Waals surface area contributed by atoms with Crippen molar-refractivity contribution in [3.05, 3.63) is 64.3 Å². The predicted molar refractivity (Wildman–Crippen MR) is 102 cm³/mol. The van der Waals surface area contributed by atoms with Gasteiger partial charge in [-0.3, -0.25) is 9.78 Å². The Kier molecular flexibility index (Phi) is 5.56. The molecule has 4 nitrogen and oxygen atoms in total. The van der Waals surface area contributed by atoms with Crippen molar-refractivity contribution in [2.24, 2.45) is 0 Å². The lowest BCUT2D eigenvalue weighted by Crippen LogP contribution is -2.16. The molecule has 27 heavy (non-hydrogen) atoms. The predicted octanol–water partition coefficient (Wildman–Crippen LogP) is 5.29. The number of anilines is 1. The Morgan fingerprint density at radius 1 is 1.22 bits per heavy atom. The minimum atomic E-state index is -2.96. The molecule has 3 aromatic rings. The van der Waals surface area contributed by atoms with Crippen molar-refractivity contribution in [2.75, 3.05) is 5.32 Å². The standard InChI is InChI=1S/C20H17ClF2N2O2/c1-11-14-5-3-4-6-17(14)24-12(2)15(11)10-19(26)25-13-7-8-18(16(21)9-13)27-20(22)23/h3-9,20H,10H2,1-2H3,(H,25,26). The first-order chi connectivity index (χ1) is 12.8. The quantitative estimate of drug-likeness (QED) is 0.644. The van der Waals surface area contributed by atoms with Gasteiger partial charge in [-0.25, -0.2) is 0 Å². The minimum Gasteiger partial charge on any atom is -0.433 e. The molecule has 0 aliphatic heterocycles. The van der Waals surface area contributed by atoms with Crippen LogP contribution in [0.2, 0.25) is 5.02 Å². The van der Waals surface area contributed by atoms with Gasteiger partial charge in [0, 0.05) is 16.8 Å². The molecule has 1 N–H and O–H groups in total. The second-order valence-electron chi connectivity index (χ2n) is 6.07. The number of pyridine rings is 1. The summed E-state index contributed by atoms with van der Waals surface area (Å²) in [4.78, 5) is 17.0. The van der Waals surface area contributed by atoms with Gasteiger partial charge in [0.05, 0.1) is 17.0 Å². The molecule has 0 radical (unpaired) electrons. The van der Waals surface area contributed by atoms with Crippen molar-refractivity contribution in [3.63, 3.8) is 0 Å². The van der Waals surface area contributed by atoms with Crippen LogP contribution in [0.5, 0.6) is 5.75 Å². The molecule has 0 saturated heterocycles. The molecule has 0 unspecified atom stereocenters. The van der Waals surface area contributed by atoms with Crippen LogP contribution in [0.25, 0.3) is 10.9 Å². The van der Waals surface area contributed by atoms with Crippen molar-refractivity contribution in [1.82, 2.24) is 4.98 Å². The van der Waals surface area contributed by atoms with Crippen LogP contribution in [-0.4, -0.2) is 17.5 Å². The zero-order valence-electron chi connectivity index (χ0n) is 14.7. The van der Waals surface area contributed by atoms with Crippen LogP contribution in [0.15, 0.2) is 42.5 Å². The van der Waals surface area contributed by atoms with E-state index in [1.807, 2.05) is 38.1 Å². The summed E-state index contributed by atoms with van der Waals surface area (Å²) in [6.07, 6.45) is 0.141. The molecule has 0 atom stereocenters. The molecular weight excluding hydrogens is 374 g/mol. The maximum Gasteiger partial charge on any atom is 0.387 e. The molecule has 0 bridgehead atoms. The van der Waals surface area contributed by atoms with E-state index in [9.17, 15) is 13.6 Å². The van der Waals surface area contributed by atoms with Crippen molar-refractivity contribution in [1.29, 1.82) is 0 Å². The fourth-order valence-electron chi connectivity index (χ4n) is 2.97. The van der Waals surface area contributed by atoms with Crippen LogP contribution in [-0.2, 0) is 11.2 Å². The zero-order valence-corrected chi connectivity index (χ0v) is 15.5. The van der Waals surface area contributed by atoms with Gasteiger partial charge in [-0.1, -0.05) is 29.8 Å². The summed E-state index contributed by atoms with van der Waals surface area (Å²) in [6.45, 7) is 0.872. The SMILES string of the molecule is Cc1nc2ccccc2c(C)c1CC(=O)Nc1ccc(OC(F)F)c(Cl)c1. The average Bonchev–Trinajstić information content (AvgIpc) is 2.61. The molecule has 0 spiro atoms. The van der Waals surface area contributed by atoms with Crippen LogP contribution in [0, 0.1) is 13.8 Å². The van der Waals surface area contributed by atoms with E-state index in [2.05, 4.69) is 15.0 Å². The smallest absolute Gasteiger partial charge is 0.387 e. The number of benzene rings is 2. The lowest BCUT2D eigenvalue weighted by molar-refractivity contribution is -0.115. The second kappa shape index (κ2) is 7.88. The number of hydrogen-bond donors (Lipinski definition) is 1. The van der Waals surface area contributed by atoms with E-state index in [-0.39, 0.29) is 23.1 Å². The van der Waals surface area contributed by atoms with Crippen LogP contribution in [0.1, 0.15) is 16.8 Å². The molecule has 2 aromatic carbocycles. The minimum absolute atomic E-state index is 0.00664. The van der Waals surface area contributed by atoms with E-state index in [0.29, 0.717) is 5.69 Å². The molecule has 7 heteroatoms. The van der Waals surface area contributed by atoms with Crippen molar-refractivity contribution < 1.29 is 18.3 Å². The Balaban J connectivity index is 1.78. The first kappa shape index (κ1) is 19.0. The van der Waals surface area contributed by atoms with Gasteiger partial charge in [0.25, 0.3) is 0 Å². The summed E-state index contributed by atoms with van der Waals surface area (Å²) >= 11 is 5.91. The summed E-state index contributed by atoms with van der Waals surface area (Å²) in [5, 5.41) is 3.72. The molecule has 0 fully saturated rings. The number of rotatable bonds is 5. The van der Waals surface area contributed by atoms with E-state index >= 15 is 0 Å². The number of aromatic nitrogens is 1. The van der Waals surface area contributed by atoms with Gasteiger partial charge in [-0.15, -0.1) is 0 Å². The molecule has 0 aliphatic carbocycles. The number of hydrogen-bond acceptors (Lipinski definition) is 3. The van der Waals surface area contributed by atoms with Gasteiger partial charge in [-0.2, -0.15) is 8.78 Å². The van der Waals surface area contributed by atoms with Crippen molar-refractivity contribution >= 4 is 34.1 Å². The molecule has 1 aromatic heterocycles. The lowest BCUT2D eigenvalue weighted by Gasteiger charge is -2.13. The number of nitrogens with one attached hydrogen (secondary N) is 1. The Morgan fingerprint density at radius 3 is 2.67 bits per heavy atom. The second-order valence-corrected chi connectivity index (χ2v) is 6.47.